The van der Waals surface area contributed by atoms with Gasteiger partial charge < -0.3 is 4.74 Å². The fourth-order valence-corrected chi connectivity index (χ4v) is 2.39. The molecule has 0 spiro atoms. The minimum atomic E-state index is -0.884. The summed E-state index contributed by atoms with van der Waals surface area (Å²) in [6.07, 6.45) is 3.92. The zero-order valence-electron chi connectivity index (χ0n) is 11.2. The first-order valence-corrected chi connectivity index (χ1v) is 6.75. The summed E-state index contributed by atoms with van der Waals surface area (Å²) >= 11 is 0. The Bertz CT molecular complexity index is 643. The molecule has 3 rings (SSSR count). The first kappa shape index (κ1) is 13.7. The van der Waals surface area contributed by atoms with Crippen LogP contribution in [0.1, 0.15) is 17.9 Å². The molecule has 1 saturated carbocycles. The number of carbonyl (C=O) groups is 1. The molecule has 2 atom stereocenters. The fourth-order valence-electron chi connectivity index (χ4n) is 2.39. The lowest BCUT2D eigenvalue weighted by Crippen LogP contribution is -2.13. The minimum absolute atomic E-state index is 0.218. The largest absolute Gasteiger partial charge is 0.463 e. The van der Waals surface area contributed by atoms with Crippen molar-refractivity contribution >= 4 is 5.97 Å². The molecular formula is C15H14F2N2O2. The highest BCUT2D eigenvalue weighted by atomic mass is 19.2. The van der Waals surface area contributed by atoms with Gasteiger partial charge >= 0.3 is 5.97 Å². The van der Waals surface area contributed by atoms with Gasteiger partial charge in [-0.3, -0.25) is 9.48 Å². The van der Waals surface area contributed by atoms with Gasteiger partial charge in [0.15, 0.2) is 11.6 Å². The second-order valence-electron chi connectivity index (χ2n) is 5.03. The van der Waals surface area contributed by atoms with E-state index in [0.717, 1.165) is 6.07 Å². The molecule has 1 aromatic carbocycles. The van der Waals surface area contributed by atoms with Crippen LogP contribution in [0.4, 0.5) is 8.78 Å². The second kappa shape index (κ2) is 5.63. The molecule has 2 aromatic rings. The summed E-state index contributed by atoms with van der Waals surface area (Å²) in [5.74, 6) is -2.77. The number of nitrogens with zero attached hydrogens (tertiary/aromatic N) is 2. The number of aromatic nitrogens is 2. The molecule has 0 radical (unpaired) electrons. The lowest BCUT2D eigenvalue weighted by atomic mass is 10.1. The van der Waals surface area contributed by atoms with Crippen molar-refractivity contribution in [2.24, 2.45) is 5.92 Å². The summed E-state index contributed by atoms with van der Waals surface area (Å²) in [4.78, 5) is 11.8. The topological polar surface area (TPSA) is 44.1 Å². The van der Waals surface area contributed by atoms with Crippen LogP contribution in [0.15, 0.2) is 36.7 Å². The Kier molecular flexibility index (Phi) is 3.68. The number of benzene rings is 1. The molecule has 0 N–H and O–H groups in total. The molecule has 0 saturated heterocycles. The van der Waals surface area contributed by atoms with Crippen molar-refractivity contribution in [3.63, 3.8) is 0 Å². The monoisotopic (exact) mass is 292 g/mol. The van der Waals surface area contributed by atoms with Crippen LogP contribution in [-0.4, -0.2) is 22.4 Å². The van der Waals surface area contributed by atoms with E-state index >= 15 is 0 Å². The average molecular weight is 292 g/mol. The second-order valence-corrected chi connectivity index (χ2v) is 5.03. The standard InChI is InChI=1S/C15H14F2N2O2/c16-13-4-1-3-10(14(13)17)11-9-12(11)15(20)21-8-7-19-6-2-5-18-19/h1-6,11-12H,7-9H2/t11-,12+/m0/s1. The normalized spacial score (nSPS) is 20.3. The molecule has 1 heterocycles. The maximum Gasteiger partial charge on any atom is 0.309 e. The Morgan fingerprint density at radius 2 is 2.24 bits per heavy atom. The average Bonchev–Trinajstić information content (AvgIpc) is 3.10. The van der Waals surface area contributed by atoms with Crippen LogP contribution in [-0.2, 0) is 16.1 Å². The third-order valence-corrected chi connectivity index (χ3v) is 3.60. The molecular weight excluding hydrogens is 278 g/mol. The highest BCUT2D eigenvalue weighted by Gasteiger charge is 2.46. The van der Waals surface area contributed by atoms with Crippen molar-refractivity contribution in [1.29, 1.82) is 0 Å². The summed E-state index contributed by atoms with van der Waals surface area (Å²) in [5, 5.41) is 3.99. The van der Waals surface area contributed by atoms with Gasteiger partial charge in [-0.2, -0.15) is 5.10 Å². The Morgan fingerprint density at radius 3 is 3.00 bits per heavy atom. The maximum atomic E-state index is 13.6. The van der Waals surface area contributed by atoms with Gasteiger partial charge in [-0.25, -0.2) is 8.78 Å². The molecule has 1 fully saturated rings. The molecule has 0 bridgehead atoms. The van der Waals surface area contributed by atoms with E-state index in [9.17, 15) is 13.6 Å². The van der Waals surface area contributed by atoms with E-state index < -0.39 is 11.6 Å². The Labute approximate surface area is 120 Å². The summed E-state index contributed by atoms with van der Waals surface area (Å²) in [5.41, 5.74) is 0.254. The van der Waals surface area contributed by atoms with Crippen LogP contribution in [0.3, 0.4) is 0 Å². The molecule has 1 aliphatic rings. The molecule has 0 aliphatic heterocycles. The van der Waals surface area contributed by atoms with Crippen LogP contribution in [0.5, 0.6) is 0 Å². The van der Waals surface area contributed by atoms with Crippen LogP contribution >= 0.6 is 0 Å². The van der Waals surface area contributed by atoms with E-state index in [2.05, 4.69) is 5.10 Å². The summed E-state index contributed by atoms with van der Waals surface area (Å²) < 4.78 is 33.6. The SMILES string of the molecule is O=C(OCCn1cccn1)[C@@H]1C[C@H]1c1cccc(F)c1F. The molecule has 0 amide bonds. The van der Waals surface area contributed by atoms with E-state index in [4.69, 9.17) is 4.74 Å². The van der Waals surface area contributed by atoms with Crippen LogP contribution in [0, 0.1) is 17.6 Å². The quantitative estimate of drug-likeness (QED) is 0.795. The Balaban J connectivity index is 1.52. The highest BCUT2D eigenvalue weighted by molar-refractivity contribution is 5.77. The number of halogens is 2. The van der Waals surface area contributed by atoms with E-state index in [1.165, 1.54) is 12.1 Å². The van der Waals surface area contributed by atoms with Crippen LogP contribution in [0.25, 0.3) is 0 Å². The van der Waals surface area contributed by atoms with Gasteiger partial charge in [-0.15, -0.1) is 0 Å². The molecule has 21 heavy (non-hydrogen) atoms. The van der Waals surface area contributed by atoms with Crippen LogP contribution < -0.4 is 0 Å². The number of hydrogen-bond acceptors (Lipinski definition) is 3. The van der Waals surface area contributed by atoms with E-state index in [1.54, 1.807) is 23.1 Å². The number of carbonyl (C=O) groups excluding carboxylic acids is 1. The predicted molar refractivity (Wildman–Crippen MR) is 70.4 cm³/mol. The fraction of sp³-hybridized carbons (Fsp3) is 0.333. The lowest BCUT2D eigenvalue weighted by molar-refractivity contribution is -0.145. The Hall–Kier alpha value is -2.24. The van der Waals surface area contributed by atoms with Gasteiger partial charge in [0.1, 0.15) is 6.61 Å². The van der Waals surface area contributed by atoms with Gasteiger partial charge in [-0.1, -0.05) is 12.1 Å². The molecule has 1 aromatic heterocycles. The van der Waals surface area contributed by atoms with E-state index in [1.807, 2.05) is 0 Å². The van der Waals surface area contributed by atoms with Crippen molar-refractivity contribution in [3.05, 3.63) is 53.9 Å². The van der Waals surface area contributed by atoms with Gasteiger partial charge in [0.25, 0.3) is 0 Å². The third-order valence-electron chi connectivity index (χ3n) is 3.60. The first-order chi connectivity index (χ1) is 10.2. The van der Waals surface area contributed by atoms with Crippen molar-refractivity contribution in [2.75, 3.05) is 6.61 Å². The number of hydrogen-bond donors (Lipinski definition) is 0. The molecule has 1 aliphatic carbocycles. The molecule has 4 nitrogen and oxygen atoms in total. The number of ether oxygens (including phenoxy) is 1. The number of esters is 1. The van der Waals surface area contributed by atoms with Gasteiger partial charge in [0, 0.05) is 18.3 Å². The van der Waals surface area contributed by atoms with Crippen LogP contribution in [0.2, 0.25) is 0 Å². The zero-order chi connectivity index (χ0) is 14.8. The molecule has 0 unspecified atom stereocenters. The molecule has 6 heteroatoms. The van der Waals surface area contributed by atoms with E-state index in [-0.39, 0.29) is 30.0 Å². The van der Waals surface area contributed by atoms with Gasteiger partial charge in [0.2, 0.25) is 0 Å². The van der Waals surface area contributed by atoms with Crippen molar-refractivity contribution in [2.45, 2.75) is 18.9 Å². The minimum Gasteiger partial charge on any atom is -0.463 e. The predicted octanol–water partition coefficient (Wildman–Crippen LogP) is 2.51. The Morgan fingerprint density at radius 1 is 1.38 bits per heavy atom. The van der Waals surface area contributed by atoms with E-state index in [0.29, 0.717) is 13.0 Å². The lowest BCUT2D eigenvalue weighted by Gasteiger charge is -2.05. The van der Waals surface area contributed by atoms with Gasteiger partial charge in [-0.05, 0) is 24.1 Å². The van der Waals surface area contributed by atoms with Crippen molar-refractivity contribution in [1.82, 2.24) is 9.78 Å². The highest BCUT2D eigenvalue weighted by Crippen LogP contribution is 2.49. The zero-order valence-corrected chi connectivity index (χ0v) is 11.2. The summed E-state index contributed by atoms with van der Waals surface area (Å²) in [6, 6.07) is 5.82. The smallest absolute Gasteiger partial charge is 0.309 e. The van der Waals surface area contributed by atoms with Crippen molar-refractivity contribution < 1.29 is 18.3 Å². The first-order valence-electron chi connectivity index (χ1n) is 6.75. The maximum absolute atomic E-state index is 13.6. The third kappa shape index (κ3) is 2.94. The molecule has 110 valence electrons. The van der Waals surface area contributed by atoms with Gasteiger partial charge in [0.05, 0.1) is 12.5 Å². The van der Waals surface area contributed by atoms with Crippen molar-refractivity contribution in [3.8, 4) is 0 Å². The summed E-state index contributed by atoms with van der Waals surface area (Å²) in [6.45, 7) is 0.694. The summed E-state index contributed by atoms with van der Waals surface area (Å²) in [7, 11) is 0. The number of rotatable bonds is 5.